The molecular formula is C21H34N4O. The van der Waals surface area contributed by atoms with Crippen molar-refractivity contribution in [1.82, 2.24) is 15.1 Å². The van der Waals surface area contributed by atoms with Crippen LogP contribution in [0.3, 0.4) is 0 Å². The van der Waals surface area contributed by atoms with E-state index in [4.69, 9.17) is 5.73 Å². The number of nitrogens with zero attached hydrogens (tertiary/aromatic N) is 2. The Morgan fingerprint density at radius 1 is 1.15 bits per heavy atom. The fraction of sp³-hybridized carbons (Fsp3) is 0.667. The van der Waals surface area contributed by atoms with Crippen LogP contribution in [0.5, 0.6) is 0 Å². The standard InChI is InChI=1S/C21H34N4O/c1-17(2)23-21(10-8-19(22)9-11-21)20(26)25-14-12-24(13-15-25)16-18-6-4-3-5-7-18/h3-7,17,19,23H,8-16,22H2,1-2H3. The molecule has 1 heterocycles. The Morgan fingerprint density at radius 3 is 2.35 bits per heavy atom. The molecule has 1 aliphatic carbocycles. The number of nitrogens with one attached hydrogen (secondary N) is 1. The minimum atomic E-state index is -0.411. The SMILES string of the molecule is CC(C)NC1(C(=O)N2CCN(Cc3ccccc3)CC2)CCC(N)CC1. The molecule has 0 radical (unpaired) electrons. The van der Waals surface area contributed by atoms with Crippen molar-refractivity contribution in [1.29, 1.82) is 0 Å². The summed E-state index contributed by atoms with van der Waals surface area (Å²) in [5.41, 5.74) is 7.03. The van der Waals surface area contributed by atoms with Gasteiger partial charge in [-0.1, -0.05) is 30.3 Å². The third kappa shape index (κ3) is 4.64. The summed E-state index contributed by atoms with van der Waals surface area (Å²) in [4.78, 5) is 17.9. The largest absolute Gasteiger partial charge is 0.339 e. The number of amides is 1. The van der Waals surface area contributed by atoms with Crippen LogP contribution in [0.15, 0.2) is 30.3 Å². The molecule has 5 heteroatoms. The van der Waals surface area contributed by atoms with Crippen LogP contribution in [0, 0.1) is 0 Å². The quantitative estimate of drug-likeness (QED) is 0.845. The summed E-state index contributed by atoms with van der Waals surface area (Å²) in [7, 11) is 0. The van der Waals surface area contributed by atoms with Crippen molar-refractivity contribution in [3.63, 3.8) is 0 Å². The van der Waals surface area contributed by atoms with E-state index in [-0.39, 0.29) is 11.9 Å². The minimum Gasteiger partial charge on any atom is -0.339 e. The first kappa shape index (κ1) is 19.3. The van der Waals surface area contributed by atoms with Crippen molar-refractivity contribution in [2.75, 3.05) is 26.2 Å². The molecule has 1 amide bonds. The topological polar surface area (TPSA) is 61.6 Å². The number of hydrogen-bond acceptors (Lipinski definition) is 4. The second-order valence-electron chi connectivity index (χ2n) is 8.27. The van der Waals surface area contributed by atoms with E-state index in [1.54, 1.807) is 0 Å². The maximum atomic E-state index is 13.4. The Morgan fingerprint density at radius 2 is 1.77 bits per heavy atom. The van der Waals surface area contributed by atoms with Gasteiger partial charge in [-0.2, -0.15) is 0 Å². The van der Waals surface area contributed by atoms with E-state index in [1.807, 2.05) is 0 Å². The summed E-state index contributed by atoms with van der Waals surface area (Å²) in [5, 5.41) is 3.60. The van der Waals surface area contributed by atoms with Crippen LogP contribution >= 0.6 is 0 Å². The first-order chi connectivity index (χ1) is 12.5. The van der Waals surface area contributed by atoms with Crippen molar-refractivity contribution >= 4 is 5.91 Å². The van der Waals surface area contributed by atoms with Gasteiger partial charge in [0, 0.05) is 44.8 Å². The Balaban J connectivity index is 1.59. The Bertz CT molecular complexity index is 573. The lowest BCUT2D eigenvalue weighted by Gasteiger charge is -2.45. The molecular weight excluding hydrogens is 324 g/mol. The van der Waals surface area contributed by atoms with Crippen LogP contribution < -0.4 is 11.1 Å². The maximum absolute atomic E-state index is 13.4. The molecule has 2 aliphatic rings. The predicted octanol–water partition coefficient (Wildman–Crippen LogP) is 1.97. The lowest BCUT2D eigenvalue weighted by atomic mass is 9.78. The van der Waals surface area contributed by atoms with E-state index >= 15 is 0 Å². The molecule has 3 N–H and O–H groups in total. The Labute approximate surface area is 157 Å². The molecule has 144 valence electrons. The third-order valence-corrected chi connectivity index (χ3v) is 5.77. The Hall–Kier alpha value is -1.43. The predicted molar refractivity (Wildman–Crippen MR) is 106 cm³/mol. The van der Waals surface area contributed by atoms with E-state index < -0.39 is 5.54 Å². The zero-order chi connectivity index (χ0) is 18.6. The van der Waals surface area contributed by atoms with Gasteiger partial charge in [0.05, 0.1) is 5.54 Å². The van der Waals surface area contributed by atoms with Crippen LogP contribution in [0.1, 0.15) is 45.1 Å². The average Bonchev–Trinajstić information content (AvgIpc) is 2.64. The summed E-state index contributed by atoms with van der Waals surface area (Å²) in [6.07, 6.45) is 3.57. The maximum Gasteiger partial charge on any atom is 0.242 e. The highest BCUT2D eigenvalue weighted by atomic mass is 16.2. The van der Waals surface area contributed by atoms with Gasteiger partial charge in [0.1, 0.15) is 0 Å². The van der Waals surface area contributed by atoms with E-state index in [0.717, 1.165) is 58.4 Å². The summed E-state index contributed by atoms with van der Waals surface area (Å²) in [6.45, 7) is 8.74. The van der Waals surface area contributed by atoms with Crippen LogP contribution in [0.4, 0.5) is 0 Å². The lowest BCUT2D eigenvalue weighted by molar-refractivity contribution is -0.142. The van der Waals surface area contributed by atoms with Gasteiger partial charge in [0.15, 0.2) is 0 Å². The summed E-state index contributed by atoms with van der Waals surface area (Å²) >= 11 is 0. The molecule has 1 saturated carbocycles. The second-order valence-corrected chi connectivity index (χ2v) is 8.27. The van der Waals surface area contributed by atoms with Crippen molar-refractivity contribution in [3.8, 4) is 0 Å². The van der Waals surface area contributed by atoms with E-state index in [0.29, 0.717) is 6.04 Å². The highest BCUT2D eigenvalue weighted by molar-refractivity contribution is 5.86. The first-order valence-electron chi connectivity index (χ1n) is 10.1. The molecule has 1 aliphatic heterocycles. The molecule has 26 heavy (non-hydrogen) atoms. The highest BCUT2D eigenvalue weighted by Crippen LogP contribution is 2.30. The third-order valence-electron chi connectivity index (χ3n) is 5.77. The van der Waals surface area contributed by atoms with Crippen molar-refractivity contribution in [2.45, 2.75) is 63.7 Å². The molecule has 1 aromatic rings. The van der Waals surface area contributed by atoms with E-state index in [9.17, 15) is 4.79 Å². The zero-order valence-electron chi connectivity index (χ0n) is 16.3. The summed E-state index contributed by atoms with van der Waals surface area (Å²) in [5.74, 6) is 0.289. The molecule has 5 nitrogen and oxygen atoms in total. The molecule has 0 unspecified atom stereocenters. The minimum absolute atomic E-state index is 0.243. The molecule has 1 aromatic carbocycles. The molecule has 0 spiro atoms. The fourth-order valence-corrected chi connectivity index (χ4v) is 4.36. The number of nitrogens with two attached hydrogens (primary N) is 1. The smallest absolute Gasteiger partial charge is 0.242 e. The fourth-order valence-electron chi connectivity index (χ4n) is 4.36. The molecule has 0 atom stereocenters. The van der Waals surface area contributed by atoms with Crippen LogP contribution in [-0.4, -0.2) is 59.5 Å². The number of piperazine rings is 1. The first-order valence-corrected chi connectivity index (χ1v) is 10.1. The van der Waals surface area contributed by atoms with Crippen molar-refractivity contribution < 1.29 is 4.79 Å². The normalized spacial score (nSPS) is 27.7. The van der Waals surface area contributed by atoms with Gasteiger partial charge in [-0.05, 0) is 45.1 Å². The monoisotopic (exact) mass is 358 g/mol. The van der Waals surface area contributed by atoms with Crippen molar-refractivity contribution in [3.05, 3.63) is 35.9 Å². The van der Waals surface area contributed by atoms with Gasteiger partial charge in [-0.15, -0.1) is 0 Å². The number of rotatable bonds is 5. The van der Waals surface area contributed by atoms with Crippen LogP contribution in [-0.2, 0) is 11.3 Å². The molecule has 0 aromatic heterocycles. The second kappa shape index (κ2) is 8.51. The van der Waals surface area contributed by atoms with Gasteiger partial charge in [-0.3, -0.25) is 9.69 Å². The van der Waals surface area contributed by atoms with Gasteiger partial charge in [0.25, 0.3) is 0 Å². The average molecular weight is 359 g/mol. The highest BCUT2D eigenvalue weighted by Gasteiger charge is 2.44. The van der Waals surface area contributed by atoms with E-state index in [1.165, 1.54) is 5.56 Å². The van der Waals surface area contributed by atoms with Gasteiger partial charge >= 0.3 is 0 Å². The van der Waals surface area contributed by atoms with Gasteiger partial charge in [0.2, 0.25) is 5.91 Å². The number of carbonyl (C=O) groups is 1. The zero-order valence-corrected chi connectivity index (χ0v) is 16.3. The molecule has 2 fully saturated rings. The van der Waals surface area contributed by atoms with Crippen LogP contribution in [0.25, 0.3) is 0 Å². The molecule has 1 saturated heterocycles. The van der Waals surface area contributed by atoms with Gasteiger partial charge < -0.3 is 16.0 Å². The number of carbonyl (C=O) groups excluding carboxylic acids is 1. The Kier molecular flexibility index (Phi) is 6.33. The number of hydrogen-bond donors (Lipinski definition) is 2. The molecule has 3 rings (SSSR count). The summed E-state index contributed by atoms with van der Waals surface area (Å²) < 4.78 is 0. The van der Waals surface area contributed by atoms with Crippen LogP contribution in [0.2, 0.25) is 0 Å². The summed E-state index contributed by atoms with van der Waals surface area (Å²) in [6, 6.07) is 11.1. The van der Waals surface area contributed by atoms with Crippen molar-refractivity contribution in [2.24, 2.45) is 5.73 Å². The number of benzene rings is 1. The molecule has 0 bridgehead atoms. The van der Waals surface area contributed by atoms with Gasteiger partial charge in [-0.25, -0.2) is 0 Å². The lowest BCUT2D eigenvalue weighted by Crippen LogP contribution is -2.64. The van der Waals surface area contributed by atoms with E-state index in [2.05, 4.69) is 59.3 Å².